The van der Waals surface area contributed by atoms with Crippen molar-refractivity contribution in [3.05, 3.63) is 0 Å². The molecule has 3 unspecified atom stereocenters. The van der Waals surface area contributed by atoms with Crippen LogP contribution in [0.25, 0.3) is 0 Å². The molecule has 0 spiro atoms. The number of terminal acetylenes is 1. The van der Waals surface area contributed by atoms with Gasteiger partial charge in [0.15, 0.2) is 0 Å². The minimum atomic E-state index is -0.185. The molecule has 0 aromatic rings. The van der Waals surface area contributed by atoms with E-state index in [0.717, 1.165) is 12.8 Å². The molecule has 3 atom stereocenters. The molecular weight excluding hydrogens is 226 g/mol. The lowest BCUT2D eigenvalue weighted by atomic mass is 9.75. The van der Waals surface area contributed by atoms with Gasteiger partial charge in [0, 0.05) is 0 Å². The van der Waals surface area contributed by atoms with Gasteiger partial charge in [-0.05, 0) is 30.6 Å². The standard InChI is InChI=1S/C15H25NO2/c1-5-8-16-10-15(17)18-14-9-12(4)6-7-13(14)11(2)3/h1,11-14,16H,6-10H2,2-4H3. The van der Waals surface area contributed by atoms with Gasteiger partial charge in [0.25, 0.3) is 0 Å². The summed E-state index contributed by atoms with van der Waals surface area (Å²) in [6.45, 7) is 7.26. The molecule has 0 aromatic carbocycles. The smallest absolute Gasteiger partial charge is 0.320 e. The normalized spacial score (nSPS) is 27.8. The molecule has 0 bridgehead atoms. The van der Waals surface area contributed by atoms with Crippen LogP contribution in [0.1, 0.15) is 40.0 Å². The van der Waals surface area contributed by atoms with Gasteiger partial charge in [-0.1, -0.05) is 33.1 Å². The Morgan fingerprint density at radius 3 is 2.83 bits per heavy atom. The predicted molar refractivity (Wildman–Crippen MR) is 72.9 cm³/mol. The van der Waals surface area contributed by atoms with Crippen LogP contribution >= 0.6 is 0 Å². The summed E-state index contributed by atoms with van der Waals surface area (Å²) >= 11 is 0. The Morgan fingerprint density at radius 1 is 1.50 bits per heavy atom. The van der Waals surface area contributed by atoms with Gasteiger partial charge < -0.3 is 4.74 Å². The summed E-state index contributed by atoms with van der Waals surface area (Å²) in [7, 11) is 0. The SMILES string of the molecule is C#CCNCC(=O)OC1CC(C)CCC1C(C)C. The van der Waals surface area contributed by atoms with Gasteiger partial charge in [-0.3, -0.25) is 10.1 Å². The quantitative estimate of drug-likeness (QED) is 0.462. The summed E-state index contributed by atoms with van der Waals surface area (Å²) in [5.41, 5.74) is 0. The molecule has 0 heterocycles. The van der Waals surface area contributed by atoms with Crippen LogP contribution < -0.4 is 5.32 Å². The highest BCUT2D eigenvalue weighted by molar-refractivity contribution is 5.71. The van der Waals surface area contributed by atoms with E-state index >= 15 is 0 Å². The highest BCUT2D eigenvalue weighted by Gasteiger charge is 2.33. The Morgan fingerprint density at radius 2 is 2.22 bits per heavy atom. The van der Waals surface area contributed by atoms with Crippen molar-refractivity contribution in [3.63, 3.8) is 0 Å². The molecule has 1 aliphatic rings. The summed E-state index contributed by atoms with van der Waals surface area (Å²) in [5.74, 6) is 3.97. The van der Waals surface area contributed by atoms with Gasteiger partial charge in [-0.25, -0.2) is 0 Å². The van der Waals surface area contributed by atoms with Crippen molar-refractivity contribution in [2.24, 2.45) is 17.8 Å². The molecule has 0 radical (unpaired) electrons. The number of carbonyl (C=O) groups excluding carboxylic acids is 1. The zero-order valence-corrected chi connectivity index (χ0v) is 11.7. The van der Waals surface area contributed by atoms with Crippen LogP contribution in [0.15, 0.2) is 0 Å². The van der Waals surface area contributed by atoms with Crippen LogP contribution in [0, 0.1) is 30.1 Å². The maximum absolute atomic E-state index is 11.7. The van der Waals surface area contributed by atoms with Crippen molar-refractivity contribution in [2.75, 3.05) is 13.1 Å². The van der Waals surface area contributed by atoms with E-state index in [9.17, 15) is 4.79 Å². The lowest BCUT2D eigenvalue weighted by Crippen LogP contribution is -2.38. The minimum absolute atomic E-state index is 0.0777. The summed E-state index contributed by atoms with van der Waals surface area (Å²) in [6, 6.07) is 0. The van der Waals surface area contributed by atoms with Gasteiger partial charge in [-0.15, -0.1) is 6.42 Å². The van der Waals surface area contributed by atoms with Gasteiger partial charge in [-0.2, -0.15) is 0 Å². The Kier molecular flexibility index (Phi) is 6.21. The summed E-state index contributed by atoms with van der Waals surface area (Å²) in [4.78, 5) is 11.7. The second-order valence-corrected chi connectivity index (χ2v) is 5.66. The molecule has 3 heteroatoms. The molecule has 1 rings (SSSR count). The van der Waals surface area contributed by atoms with E-state index in [2.05, 4.69) is 32.0 Å². The summed E-state index contributed by atoms with van der Waals surface area (Å²) in [5, 5.41) is 2.87. The molecule has 102 valence electrons. The van der Waals surface area contributed by atoms with Gasteiger partial charge in [0.2, 0.25) is 0 Å². The van der Waals surface area contributed by atoms with E-state index in [4.69, 9.17) is 11.2 Å². The Bertz CT molecular complexity index is 306. The molecule has 1 aliphatic carbocycles. The molecule has 0 aliphatic heterocycles. The summed E-state index contributed by atoms with van der Waals surface area (Å²) < 4.78 is 5.61. The van der Waals surface area contributed by atoms with Crippen molar-refractivity contribution >= 4 is 5.97 Å². The molecule has 0 saturated heterocycles. The first kappa shape index (κ1) is 15.0. The van der Waals surface area contributed by atoms with Crippen LogP contribution in [-0.4, -0.2) is 25.2 Å². The molecule has 3 nitrogen and oxygen atoms in total. The van der Waals surface area contributed by atoms with E-state index in [0.29, 0.717) is 24.3 Å². The highest BCUT2D eigenvalue weighted by Crippen LogP contribution is 2.35. The molecule has 0 aromatic heterocycles. The number of nitrogens with one attached hydrogen (secondary N) is 1. The number of carbonyl (C=O) groups is 1. The maximum atomic E-state index is 11.7. The van der Waals surface area contributed by atoms with E-state index in [1.165, 1.54) is 6.42 Å². The zero-order valence-electron chi connectivity index (χ0n) is 11.7. The number of hydrogen-bond donors (Lipinski definition) is 1. The molecule has 0 amide bonds. The average Bonchev–Trinajstić information content (AvgIpc) is 2.29. The molecule has 18 heavy (non-hydrogen) atoms. The minimum Gasteiger partial charge on any atom is -0.461 e. The highest BCUT2D eigenvalue weighted by atomic mass is 16.5. The third-order valence-electron chi connectivity index (χ3n) is 3.74. The largest absolute Gasteiger partial charge is 0.461 e. The lowest BCUT2D eigenvalue weighted by molar-refractivity contribution is -0.154. The van der Waals surface area contributed by atoms with Crippen LogP contribution in [-0.2, 0) is 9.53 Å². The first-order chi connectivity index (χ1) is 8.54. The number of rotatable bonds is 5. The predicted octanol–water partition coefficient (Wildman–Crippen LogP) is 2.21. The number of ether oxygens (including phenoxy) is 1. The second kappa shape index (κ2) is 7.43. The Balaban J connectivity index is 2.45. The Hall–Kier alpha value is -1.01. The van der Waals surface area contributed by atoms with E-state index in [1.807, 2.05) is 0 Å². The van der Waals surface area contributed by atoms with Crippen LogP contribution in [0.4, 0.5) is 0 Å². The Labute approximate surface area is 111 Å². The average molecular weight is 251 g/mol. The van der Waals surface area contributed by atoms with E-state index in [1.54, 1.807) is 0 Å². The molecule has 1 saturated carbocycles. The van der Waals surface area contributed by atoms with Gasteiger partial charge >= 0.3 is 5.97 Å². The topological polar surface area (TPSA) is 38.3 Å². The van der Waals surface area contributed by atoms with Crippen molar-refractivity contribution in [3.8, 4) is 12.3 Å². The number of hydrogen-bond acceptors (Lipinski definition) is 3. The van der Waals surface area contributed by atoms with Crippen molar-refractivity contribution in [2.45, 2.75) is 46.1 Å². The summed E-state index contributed by atoms with van der Waals surface area (Å²) in [6.07, 6.45) is 8.59. The van der Waals surface area contributed by atoms with Crippen LogP contribution in [0.3, 0.4) is 0 Å². The number of esters is 1. The second-order valence-electron chi connectivity index (χ2n) is 5.66. The fourth-order valence-electron chi connectivity index (χ4n) is 2.70. The molecular formula is C15H25NO2. The van der Waals surface area contributed by atoms with Crippen molar-refractivity contribution < 1.29 is 9.53 Å². The van der Waals surface area contributed by atoms with Crippen LogP contribution in [0.5, 0.6) is 0 Å². The van der Waals surface area contributed by atoms with Crippen molar-refractivity contribution in [1.29, 1.82) is 0 Å². The molecule has 1 fully saturated rings. The van der Waals surface area contributed by atoms with Crippen LogP contribution in [0.2, 0.25) is 0 Å². The maximum Gasteiger partial charge on any atom is 0.320 e. The van der Waals surface area contributed by atoms with Crippen molar-refractivity contribution in [1.82, 2.24) is 5.32 Å². The van der Waals surface area contributed by atoms with Gasteiger partial charge in [0.05, 0.1) is 13.1 Å². The third-order valence-corrected chi connectivity index (χ3v) is 3.74. The first-order valence-electron chi connectivity index (χ1n) is 6.88. The first-order valence-corrected chi connectivity index (χ1v) is 6.88. The third kappa shape index (κ3) is 4.70. The lowest BCUT2D eigenvalue weighted by Gasteiger charge is -2.36. The molecule has 1 N–H and O–H groups in total. The fraction of sp³-hybridized carbons (Fsp3) is 0.800. The van der Waals surface area contributed by atoms with Gasteiger partial charge in [0.1, 0.15) is 6.10 Å². The fourth-order valence-corrected chi connectivity index (χ4v) is 2.70. The zero-order chi connectivity index (χ0) is 13.5. The monoisotopic (exact) mass is 251 g/mol. The van der Waals surface area contributed by atoms with E-state index < -0.39 is 0 Å². The van der Waals surface area contributed by atoms with E-state index in [-0.39, 0.29) is 18.6 Å².